The van der Waals surface area contributed by atoms with E-state index >= 15 is 0 Å². The summed E-state index contributed by atoms with van der Waals surface area (Å²) in [7, 11) is 0. The molecule has 0 aliphatic carbocycles. The van der Waals surface area contributed by atoms with Gasteiger partial charge in [0, 0.05) is 35.4 Å². The summed E-state index contributed by atoms with van der Waals surface area (Å²) in [4.78, 5) is 17.8. The normalized spacial score (nSPS) is 16.7. The molecule has 1 N–H and O–H groups in total. The first kappa shape index (κ1) is 16.5. The molecule has 2 aromatic rings. The minimum absolute atomic E-state index is 0.236. The minimum atomic E-state index is -0.650. The van der Waals surface area contributed by atoms with Gasteiger partial charge in [-0.25, -0.2) is 0 Å². The van der Waals surface area contributed by atoms with Gasteiger partial charge < -0.3 is 10.2 Å². The molecule has 0 bridgehead atoms. The van der Waals surface area contributed by atoms with E-state index in [1.807, 2.05) is 37.7 Å². The molecule has 0 radical (unpaired) electrons. The Kier molecular flexibility index (Phi) is 4.57. The van der Waals surface area contributed by atoms with Crippen molar-refractivity contribution in [1.82, 2.24) is 9.78 Å². The van der Waals surface area contributed by atoms with Crippen LogP contribution in [0.5, 0.6) is 0 Å². The molecular weight excluding hydrogens is 328 g/mol. The van der Waals surface area contributed by atoms with E-state index in [0.29, 0.717) is 17.1 Å². The van der Waals surface area contributed by atoms with Gasteiger partial charge in [0.25, 0.3) is 5.91 Å². The number of rotatable bonds is 4. The van der Waals surface area contributed by atoms with E-state index in [0.717, 1.165) is 29.1 Å². The average Bonchev–Trinajstić information content (AvgIpc) is 3.17. The van der Waals surface area contributed by atoms with Crippen LogP contribution in [0.2, 0.25) is 5.02 Å². The molecule has 3 rings (SSSR count). The number of carbonyl (C=O) groups is 1. The molecule has 1 aliphatic heterocycles. The van der Waals surface area contributed by atoms with Crippen molar-refractivity contribution in [3.63, 3.8) is 0 Å². The Bertz CT molecular complexity index is 813. The average molecular weight is 347 g/mol. The third-order valence-corrected chi connectivity index (χ3v) is 4.24. The van der Waals surface area contributed by atoms with Gasteiger partial charge in [-0.2, -0.15) is 5.10 Å². The molecule has 126 valence electrons. The minimum Gasteiger partial charge on any atom is -0.382 e. The number of nitrogens with one attached hydrogen (secondary N) is 1. The molecule has 1 aromatic heterocycles. The molecule has 1 aromatic carbocycles. The lowest BCUT2D eigenvalue weighted by Gasteiger charge is -2.11. The zero-order valence-electron chi connectivity index (χ0n) is 13.8. The maximum Gasteiger partial charge on any atom is 0.268 e. The van der Waals surface area contributed by atoms with E-state index in [-0.39, 0.29) is 5.91 Å². The molecule has 0 saturated carbocycles. The second-order valence-corrected chi connectivity index (χ2v) is 6.20. The Labute approximate surface area is 145 Å². The van der Waals surface area contributed by atoms with Gasteiger partial charge in [-0.1, -0.05) is 22.8 Å². The maximum atomic E-state index is 12.4. The highest BCUT2D eigenvalue weighted by Crippen LogP contribution is 2.23. The number of carbonyl (C=O) groups excluding carboxylic acids is 1. The number of anilines is 1. The summed E-state index contributed by atoms with van der Waals surface area (Å²) in [6.07, 6.45) is 1.70. The van der Waals surface area contributed by atoms with E-state index < -0.39 is 6.10 Å². The number of hydrogen-bond donors (Lipinski definition) is 1. The highest BCUT2D eigenvalue weighted by atomic mass is 35.5. The molecule has 1 unspecified atom stereocenters. The summed E-state index contributed by atoms with van der Waals surface area (Å²) in [5.74, 6) is -0.236. The number of aromatic nitrogens is 2. The van der Waals surface area contributed by atoms with Gasteiger partial charge in [-0.15, -0.1) is 0 Å². The van der Waals surface area contributed by atoms with Crippen LogP contribution < -0.4 is 5.32 Å². The van der Waals surface area contributed by atoms with Gasteiger partial charge in [0.1, 0.15) is 0 Å². The quantitative estimate of drug-likeness (QED) is 0.923. The van der Waals surface area contributed by atoms with Gasteiger partial charge in [0.05, 0.1) is 11.4 Å². The number of nitrogens with zero attached hydrogens (tertiary/aromatic N) is 3. The zero-order valence-corrected chi connectivity index (χ0v) is 14.6. The third kappa shape index (κ3) is 3.28. The van der Waals surface area contributed by atoms with E-state index in [1.54, 1.807) is 12.1 Å². The zero-order chi connectivity index (χ0) is 17.3. The van der Waals surface area contributed by atoms with E-state index in [1.165, 1.54) is 0 Å². The van der Waals surface area contributed by atoms with Crippen LogP contribution in [0.15, 0.2) is 29.6 Å². The van der Waals surface area contributed by atoms with E-state index in [2.05, 4.69) is 15.6 Å². The molecular formula is C17H19ClN4O2. The van der Waals surface area contributed by atoms with Crippen molar-refractivity contribution in [3.8, 4) is 0 Å². The summed E-state index contributed by atoms with van der Waals surface area (Å²) in [6.45, 7) is 6.64. The first-order valence-corrected chi connectivity index (χ1v) is 8.20. The number of halogens is 1. The van der Waals surface area contributed by atoms with Gasteiger partial charge >= 0.3 is 0 Å². The van der Waals surface area contributed by atoms with E-state index in [4.69, 9.17) is 16.4 Å². The van der Waals surface area contributed by atoms with Crippen LogP contribution in [0.1, 0.15) is 30.2 Å². The monoisotopic (exact) mass is 346 g/mol. The summed E-state index contributed by atoms with van der Waals surface area (Å²) in [6, 6.07) is 5.37. The van der Waals surface area contributed by atoms with Crippen LogP contribution >= 0.6 is 11.6 Å². The number of hydrogen-bond acceptors (Lipinski definition) is 4. The molecule has 0 saturated heterocycles. The standard InChI is InChI=1S/C17H19ClN4O2/c1-4-22-9-13(11(3)20-22)15-8-16(24-21-15)17(23)19-14-7-12(18)6-5-10(14)2/h5-7,9,16H,4,8H2,1-3H3,(H,19,23). The predicted octanol–water partition coefficient (Wildman–Crippen LogP) is 3.30. The molecule has 0 fully saturated rings. The second-order valence-electron chi connectivity index (χ2n) is 5.77. The first-order valence-electron chi connectivity index (χ1n) is 7.82. The molecule has 24 heavy (non-hydrogen) atoms. The Hall–Kier alpha value is -2.34. The lowest BCUT2D eigenvalue weighted by Crippen LogP contribution is -2.28. The van der Waals surface area contributed by atoms with E-state index in [9.17, 15) is 4.79 Å². The van der Waals surface area contributed by atoms with Crippen LogP contribution in [-0.4, -0.2) is 27.5 Å². The van der Waals surface area contributed by atoms with Gasteiger partial charge in [0.2, 0.25) is 6.10 Å². The molecule has 1 atom stereocenters. The van der Waals surface area contributed by atoms with Crippen LogP contribution in [0.4, 0.5) is 5.69 Å². The van der Waals surface area contributed by atoms with Crippen LogP contribution in [-0.2, 0) is 16.2 Å². The summed E-state index contributed by atoms with van der Waals surface area (Å²) in [5, 5.41) is 11.9. The van der Waals surface area contributed by atoms with Crippen molar-refractivity contribution in [2.45, 2.75) is 39.8 Å². The number of benzene rings is 1. The largest absolute Gasteiger partial charge is 0.382 e. The van der Waals surface area contributed by atoms with Gasteiger partial charge in [-0.05, 0) is 38.5 Å². The maximum absolute atomic E-state index is 12.4. The SMILES string of the molecule is CCn1cc(C2=NOC(C(=O)Nc3cc(Cl)ccc3C)C2)c(C)n1. The highest BCUT2D eigenvalue weighted by Gasteiger charge is 2.30. The Morgan fingerprint density at radius 1 is 1.46 bits per heavy atom. The van der Waals surface area contributed by atoms with Crippen molar-refractivity contribution >= 4 is 28.9 Å². The van der Waals surface area contributed by atoms with Crippen molar-refractivity contribution in [2.75, 3.05) is 5.32 Å². The molecule has 0 spiro atoms. The summed E-state index contributed by atoms with van der Waals surface area (Å²) < 4.78 is 1.84. The topological polar surface area (TPSA) is 68.5 Å². The smallest absolute Gasteiger partial charge is 0.268 e. The Morgan fingerprint density at radius 2 is 2.25 bits per heavy atom. The number of oxime groups is 1. The highest BCUT2D eigenvalue weighted by molar-refractivity contribution is 6.31. The van der Waals surface area contributed by atoms with Crippen molar-refractivity contribution < 1.29 is 9.63 Å². The van der Waals surface area contributed by atoms with Crippen LogP contribution in [0.25, 0.3) is 0 Å². The molecule has 1 aliphatic rings. The van der Waals surface area contributed by atoms with Gasteiger partial charge in [-0.3, -0.25) is 9.48 Å². The fraction of sp³-hybridized carbons (Fsp3) is 0.353. The number of amides is 1. The Balaban J connectivity index is 1.69. The van der Waals surface area contributed by atoms with Crippen LogP contribution in [0.3, 0.4) is 0 Å². The summed E-state index contributed by atoms with van der Waals surface area (Å²) in [5.41, 5.74) is 4.17. The lowest BCUT2D eigenvalue weighted by molar-refractivity contribution is -0.125. The van der Waals surface area contributed by atoms with Crippen molar-refractivity contribution in [2.24, 2.45) is 5.16 Å². The number of aryl methyl sites for hydroxylation is 3. The third-order valence-electron chi connectivity index (χ3n) is 4.00. The molecule has 6 nitrogen and oxygen atoms in total. The molecule has 2 heterocycles. The fourth-order valence-corrected chi connectivity index (χ4v) is 2.75. The van der Waals surface area contributed by atoms with Gasteiger partial charge in [0.15, 0.2) is 0 Å². The van der Waals surface area contributed by atoms with Crippen LogP contribution in [0, 0.1) is 13.8 Å². The Morgan fingerprint density at radius 3 is 2.96 bits per heavy atom. The molecule has 1 amide bonds. The molecule has 7 heteroatoms. The van der Waals surface area contributed by atoms with Crippen molar-refractivity contribution in [1.29, 1.82) is 0 Å². The predicted molar refractivity (Wildman–Crippen MR) is 93.5 cm³/mol. The fourth-order valence-electron chi connectivity index (χ4n) is 2.58. The summed E-state index contributed by atoms with van der Waals surface area (Å²) >= 11 is 5.98. The van der Waals surface area contributed by atoms with Crippen molar-refractivity contribution in [3.05, 3.63) is 46.2 Å². The lowest BCUT2D eigenvalue weighted by atomic mass is 10.1. The second kappa shape index (κ2) is 6.65. The first-order chi connectivity index (χ1) is 11.5.